The van der Waals surface area contributed by atoms with Crippen LogP contribution in [-0.2, 0) is 16.1 Å². The van der Waals surface area contributed by atoms with Crippen LogP contribution in [0.15, 0.2) is 24.3 Å². The van der Waals surface area contributed by atoms with E-state index in [4.69, 9.17) is 0 Å². The first kappa shape index (κ1) is 18.2. The number of likely N-dealkylation sites (N-methyl/N-ethyl adjacent to an activating group) is 1. The normalized spacial score (nSPS) is 24.9. The molecule has 2 aromatic rings. The number of imidazole rings is 1. The summed E-state index contributed by atoms with van der Waals surface area (Å²) in [5.41, 5.74) is 0.800. The second kappa shape index (κ2) is 6.47. The number of halogens is 2. The quantitative estimate of drug-likeness (QED) is 0.800. The van der Waals surface area contributed by atoms with E-state index in [2.05, 4.69) is 4.98 Å². The third kappa shape index (κ3) is 2.88. The molecule has 27 heavy (non-hydrogen) atoms. The predicted molar refractivity (Wildman–Crippen MR) is 98.2 cm³/mol. The average molecular weight is 394 g/mol. The Hall–Kier alpha value is -2.16. The van der Waals surface area contributed by atoms with Crippen LogP contribution in [0.3, 0.4) is 0 Å². The van der Waals surface area contributed by atoms with E-state index in [0.717, 1.165) is 11.0 Å². The molecule has 2 amide bonds. The monoisotopic (exact) mass is 394 g/mol. The van der Waals surface area contributed by atoms with E-state index in [1.54, 1.807) is 48.0 Å². The fraction of sp³-hybridized carbons (Fsp3) is 0.500. The minimum atomic E-state index is -2.75. The first-order valence-corrected chi connectivity index (χ1v) is 9.75. The minimum Gasteiger partial charge on any atom is -0.336 e. The molecule has 2 aliphatic heterocycles. The Kier molecular flexibility index (Phi) is 4.37. The number of nitrogens with zero attached hydrogens (tertiary/aromatic N) is 4. The summed E-state index contributed by atoms with van der Waals surface area (Å²) in [6.07, 6.45) is 1.17. The largest absolute Gasteiger partial charge is 0.336 e. The van der Waals surface area contributed by atoms with Crippen LogP contribution < -0.4 is 0 Å². The highest BCUT2D eigenvalue weighted by Gasteiger charge is 2.53. The zero-order chi connectivity index (χ0) is 19.3. The van der Waals surface area contributed by atoms with Gasteiger partial charge in [0.25, 0.3) is 0 Å². The Bertz CT molecular complexity index is 918. The SMILES string of the molecule is CN(Cc1nc2ccccc2n1C(F)F)C(=O)[C@@H]1CS[C@]2(C)CCC(=O)N12. The Morgan fingerprint density at radius 1 is 1.44 bits per heavy atom. The average Bonchev–Trinajstić information content (AvgIpc) is 3.25. The second-order valence-corrected chi connectivity index (χ2v) is 8.63. The number of hydrogen-bond acceptors (Lipinski definition) is 4. The van der Waals surface area contributed by atoms with Crippen molar-refractivity contribution in [3.05, 3.63) is 30.1 Å². The van der Waals surface area contributed by atoms with Gasteiger partial charge < -0.3 is 9.80 Å². The van der Waals surface area contributed by atoms with Crippen molar-refractivity contribution >= 4 is 34.6 Å². The molecule has 4 rings (SSSR count). The summed E-state index contributed by atoms with van der Waals surface area (Å²) in [5, 5.41) is 0. The van der Waals surface area contributed by atoms with Gasteiger partial charge in [0.2, 0.25) is 11.8 Å². The van der Waals surface area contributed by atoms with Crippen LogP contribution in [0, 0.1) is 0 Å². The molecule has 1 aromatic heterocycles. The first-order valence-electron chi connectivity index (χ1n) is 8.77. The van der Waals surface area contributed by atoms with Crippen LogP contribution in [0.1, 0.15) is 32.1 Å². The van der Waals surface area contributed by atoms with Gasteiger partial charge in [-0.15, -0.1) is 11.8 Å². The summed E-state index contributed by atoms with van der Waals surface area (Å²) in [6, 6.07) is 6.11. The van der Waals surface area contributed by atoms with Crippen molar-refractivity contribution in [1.29, 1.82) is 0 Å². The zero-order valence-corrected chi connectivity index (χ0v) is 15.9. The predicted octanol–water partition coefficient (Wildman–Crippen LogP) is 2.84. The molecule has 3 heterocycles. The molecule has 2 aliphatic rings. The zero-order valence-electron chi connectivity index (χ0n) is 15.1. The molecule has 2 atom stereocenters. The molecule has 2 saturated heterocycles. The number of aromatic nitrogens is 2. The number of thioether (sulfide) groups is 1. The number of fused-ring (bicyclic) bond motifs is 2. The van der Waals surface area contributed by atoms with Gasteiger partial charge >= 0.3 is 6.55 Å². The van der Waals surface area contributed by atoms with Crippen LogP contribution in [0.25, 0.3) is 11.0 Å². The van der Waals surface area contributed by atoms with Crippen LogP contribution >= 0.6 is 11.8 Å². The van der Waals surface area contributed by atoms with Gasteiger partial charge in [-0.1, -0.05) is 12.1 Å². The molecule has 0 spiro atoms. The molecular formula is C18H20F2N4O2S. The van der Waals surface area contributed by atoms with Gasteiger partial charge in [-0.05, 0) is 25.5 Å². The molecular weight excluding hydrogens is 374 g/mol. The van der Waals surface area contributed by atoms with Gasteiger partial charge in [0.15, 0.2) is 0 Å². The number of carbonyl (C=O) groups is 2. The summed E-state index contributed by atoms with van der Waals surface area (Å²) >= 11 is 1.61. The van der Waals surface area contributed by atoms with Gasteiger partial charge in [-0.2, -0.15) is 8.78 Å². The van der Waals surface area contributed by atoms with E-state index in [9.17, 15) is 18.4 Å². The van der Waals surface area contributed by atoms with Gasteiger partial charge in [0.05, 0.1) is 22.4 Å². The van der Waals surface area contributed by atoms with Gasteiger partial charge in [0.1, 0.15) is 11.9 Å². The van der Waals surface area contributed by atoms with E-state index < -0.39 is 12.6 Å². The fourth-order valence-corrected chi connectivity index (χ4v) is 5.39. The fourth-order valence-electron chi connectivity index (χ4n) is 3.97. The Balaban J connectivity index is 1.59. The Morgan fingerprint density at radius 3 is 2.93 bits per heavy atom. The van der Waals surface area contributed by atoms with Crippen molar-refractivity contribution < 1.29 is 18.4 Å². The minimum absolute atomic E-state index is 0.0194. The smallest absolute Gasteiger partial charge is 0.320 e. The topological polar surface area (TPSA) is 58.4 Å². The maximum atomic E-state index is 13.6. The van der Waals surface area contributed by atoms with Crippen molar-refractivity contribution in [3.8, 4) is 0 Å². The van der Waals surface area contributed by atoms with E-state index in [1.165, 1.54) is 4.90 Å². The highest BCUT2D eigenvalue weighted by molar-refractivity contribution is 8.01. The molecule has 144 valence electrons. The van der Waals surface area contributed by atoms with Crippen molar-refractivity contribution in [2.24, 2.45) is 0 Å². The lowest BCUT2D eigenvalue weighted by molar-refractivity contribution is -0.143. The van der Waals surface area contributed by atoms with Gasteiger partial charge in [-0.3, -0.25) is 14.2 Å². The maximum absolute atomic E-state index is 13.6. The lowest BCUT2D eigenvalue weighted by Gasteiger charge is -2.31. The maximum Gasteiger partial charge on any atom is 0.320 e. The number of benzene rings is 1. The standard InChI is InChI=1S/C18H20F2N4O2S/c1-18-8-7-15(25)24(18)13(10-27-18)16(26)22(2)9-14-21-11-5-3-4-6-12(11)23(14)17(19)20/h3-6,13,17H,7-10H2,1-2H3/t13-,18+/m0/s1. The number of carbonyl (C=O) groups excluding carboxylic acids is 2. The number of rotatable bonds is 4. The van der Waals surface area contributed by atoms with E-state index in [0.29, 0.717) is 23.2 Å². The van der Waals surface area contributed by atoms with Crippen molar-refractivity contribution in [2.45, 2.75) is 43.8 Å². The van der Waals surface area contributed by atoms with E-state index in [1.807, 2.05) is 6.92 Å². The van der Waals surface area contributed by atoms with Crippen LogP contribution in [0.4, 0.5) is 8.78 Å². The molecule has 1 aromatic carbocycles. The molecule has 2 fully saturated rings. The number of amides is 2. The number of hydrogen-bond donors (Lipinski definition) is 0. The summed E-state index contributed by atoms with van der Waals surface area (Å²) in [6.45, 7) is -0.814. The van der Waals surface area contributed by atoms with Crippen molar-refractivity contribution in [3.63, 3.8) is 0 Å². The third-order valence-corrected chi connectivity index (χ3v) is 6.85. The molecule has 0 radical (unpaired) electrons. The molecule has 9 heteroatoms. The van der Waals surface area contributed by atoms with Gasteiger partial charge in [0, 0.05) is 19.2 Å². The third-order valence-electron chi connectivity index (χ3n) is 5.35. The van der Waals surface area contributed by atoms with E-state index in [-0.39, 0.29) is 29.1 Å². The highest BCUT2D eigenvalue weighted by Crippen LogP contribution is 2.47. The van der Waals surface area contributed by atoms with Crippen LogP contribution in [0.2, 0.25) is 0 Å². The molecule has 0 bridgehead atoms. The summed E-state index contributed by atoms with van der Waals surface area (Å²) in [5.74, 6) is 0.392. The first-order chi connectivity index (χ1) is 12.8. The van der Waals surface area contributed by atoms with E-state index >= 15 is 0 Å². The molecule has 0 N–H and O–H groups in total. The molecule has 6 nitrogen and oxygen atoms in total. The Morgan fingerprint density at radius 2 is 2.19 bits per heavy atom. The number of para-hydroxylation sites is 2. The molecule has 0 aliphatic carbocycles. The summed E-state index contributed by atoms with van der Waals surface area (Å²) in [4.78, 5) is 32.2. The Labute approximate surface area is 159 Å². The molecule has 0 unspecified atom stereocenters. The van der Waals surface area contributed by atoms with Gasteiger partial charge in [-0.25, -0.2) is 4.98 Å². The van der Waals surface area contributed by atoms with Crippen LogP contribution in [-0.4, -0.2) is 54.9 Å². The van der Waals surface area contributed by atoms with Crippen molar-refractivity contribution in [1.82, 2.24) is 19.4 Å². The lowest BCUT2D eigenvalue weighted by Crippen LogP contribution is -2.50. The highest BCUT2D eigenvalue weighted by atomic mass is 32.2. The second-order valence-electron chi connectivity index (χ2n) is 7.12. The lowest BCUT2D eigenvalue weighted by atomic mass is 10.2. The number of alkyl halides is 2. The molecule has 0 saturated carbocycles. The van der Waals surface area contributed by atoms with Crippen LogP contribution in [0.5, 0.6) is 0 Å². The van der Waals surface area contributed by atoms with Crippen molar-refractivity contribution in [2.75, 3.05) is 12.8 Å². The summed E-state index contributed by atoms with van der Waals surface area (Å²) in [7, 11) is 1.57. The summed E-state index contributed by atoms with van der Waals surface area (Å²) < 4.78 is 28.0.